The molecule has 2 rings (SSSR count). The van der Waals surface area contributed by atoms with E-state index in [0.717, 1.165) is 0 Å². The van der Waals surface area contributed by atoms with Gasteiger partial charge in [0.15, 0.2) is 11.5 Å². The first kappa shape index (κ1) is 11.8. The Kier molecular flexibility index (Phi) is 3.33. The standard InChI is InChI=1S/C10H11N7O/c1-17(2)10-15-8(18-16-10)6-14-9-7(5-11)12-3-4-13-9/h3-4H,6H2,1-2H3,(H,13,14). The van der Waals surface area contributed by atoms with Crippen molar-refractivity contribution < 1.29 is 4.52 Å². The number of nitrogens with one attached hydrogen (secondary N) is 1. The maximum Gasteiger partial charge on any atom is 0.265 e. The Labute approximate surface area is 103 Å². The van der Waals surface area contributed by atoms with Gasteiger partial charge in [-0.2, -0.15) is 10.2 Å². The molecule has 0 aliphatic carbocycles. The average Bonchev–Trinajstić information content (AvgIpc) is 2.85. The summed E-state index contributed by atoms with van der Waals surface area (Å²) < 4.78 is 5.02. The Morgan fingerprint density at radius 3 is 2.83 bits per heavy atom. The number of anilines is 2. The quantitative estimate of drug-likeness (QED) is 0.825. The highest BCUT2D eigenvalue weighted by atomic mass is 16.5. The molecule has 8 nitrogen and oxygen atoms in total. The van der Waals surface area contributed by atoms with Crippen molar-refractivity contribution in [3.8, 4) is 6.07 Å². The number of aromatic nitrogens is 4. The third-order valence-corrected chi connectivity index (χ3v) is 2.07. The van der Waals surface area contributed by atoms with Gasteiger partial charge in [-0.25, -0.2) is 9.97 Å². The van der Waals surface area contributed by atoms with Gasteiger partial charge in [-0.05, 0) is 5.16 Å². The number of hydrogen-bond donors (Lipinski definition) is 1. The van der Waals surface area contributed by atoms with Gasteiger partial charge in [-0.1, -0.05) is 0 Å². The van der Waals surface area contributed by atoms with Crippen LogP contribution in [0.1, 0.15) is 11.6 Å². The van der Waals surface area contributed by atoms with E-state index in [1.807, 2.05) is 20.2 Å². The van der Waals surface area contributed by atoms with Crippen LogP contribution in [0.25, 0.3) is 0 Å². The molecule has 8 heteroatoms. The van der Waals surface area contributed by atoms with E-state index in [9.17, 15) is 0 Å². The highest BCUT2D eigenvalue weighted by Gasteiger charge is 2.09. The summed E-state index contributed by atoms with van der Waals surface area (Å²) in [5.41, 5.74) is 0.227. The number of rotatable bonds is 4. The molecule has 2 heterocycles. The fraction of sp³-hybridized carbons (Fsp3) is 0.300. The van der Waals surface area contributed by atoms with Gasteiger partial charge in [0.05, 0.1) is 6.54 Å². The number of nitrogens with zero attached hydrogens (tertiary/aromatic N) is 6. The first-order valence-electron chi connectivity index (χ1n) is 5.15. The summed E-state index contributed by atoms with van der Waals surface area (Å²) in [6, 6.07) is 1.94. The minimum atomic E-state index is 0.227. The summed E-state index contributed by atoms with van der Waals surface area (Å²) in [5.74, 6) is 1.30. The Morgan fingerprint density at radius 2 is 2.17 bits per heavy atom. The van der Waals surface area contributed by atoms with E-state index in [0.29, 0.717) is 17.7 Å². The molecule has 0 aliphatic rings. The SMILES string of the molecule is CN(C)c1noc(CNc2nccnc2C#N)n1. The molecule has 0 bridgehead atoms. The van der Waals surface area contributed by atoms with Crippen LogP contribution in [0.2, 0.25) is 0 Å². The molecule has 0 amide bonds. The lowest BCUT2D eigenvalue weighted by molar-refractivity contribution is 0.383. The van der Waals surface area contributed by atoms with Crippen LogP contribution in [0.4, 0.5) is 11.8 Å². The van der Waals surface area contributed by atoms with Crippen molar-refractivity contribution in [1.29, 1.82) is 5.26 Å². The second kappa shape index (κ2) is 5.09. The Balaban J connectivity index is 2.05. The highest BCUT2D eigenvalue weighted by molar-refractivity contribution is 5.46. The van der Waals surface area contributed by atoms with Gasteiger partial charge in [0, 0.05) is 26.5 Å². The van der Waals surface area contributed by atoms with Crippen molar-refractivity contribution in [2.75, 3.05) is 24.3 Å². The highest BCUT2D eigenvalue weighted by Crippen LogP contribution is 2.10. The van der Waals surface area contributed by atoms with E-state index in [-0.39, 0.29) is 12.2 Å². The van der Waals surface area contributed by atoms with Gasteiger partial charge in [-0.15, -0.1) is 0 Å². The molecule has 2 aromatic rings. The molecule has 0 fully saturated rings. The van der Waals surface area contributed by atoms with Crippen LogP contribution in [-0.4, -0.2) is 34.2 Å². The molecule has 0 atom stereocenters. The normalized spacial score (nSPS) is 9.83. The van der Waals surface area contributed by atoms with Crippen LogP contribution < -0.4 is 10.2 Å². The van der Waals surface area contributed by atoms with Gasteiger partial charge in [0.1, 0.15) is 6.07 Å². The fourth-order valence-electron chi connectivity index (χ4n) is 1.21. The first-order chi connectivity index (χ1) is 8.70. The second-order valence-corrected chi connectivity index (χ2v) is 3.60. The van der Waals surface area contributed by atoms with E-state index in [1.165, 1.54) is 12.4 Å². The van der Waals surface area contributed by atoms with Crippen LogP contribution in [-0.2, 0) is 6.54 Å². The Bertz CT molecular complexity index is 572. The minimum absolute atomic E-state index is 0.227. The first-order valence-corrected chi connectivity index (χ1v) is 5.15. The minimum Gasteiger partial charge on any atom is -0.359 e. The summed E-state index contributed by atoms with van der Waals surface area (Å²) in [6.07, 6.45) is 2.96. The number of hydrogen-bond acceptors (Lipinski definition) is 8. The van der Waals surface area contributed by atoms with Crippen molar-refractivity contribution in [3.05, 3.63) is 24.0 Å². The molecule has 0 spiro atoms. The average molecular weight is 245 g/mol. The fourth-order valence-corrected chi connectivity index (χ4v) is 1.21. The Morgan fingerprint density at radius 1 is 1.39 bits per heavy atom. The molecule has 0 unspecified atom stereocenters. The van der Waals surface area contributed by atoms with Gasteiger partial charge in [-0.3, -0.25) is 0 Å². The van der Waals surface area contributed by atoms with Crippen LogP contribution in [0.15, 0.2) is 16.9 Å². The lowest BCUT2D eigenvalue weighted by Crippen LogP contribution is -2.10. The van der Waals surface area contributed by atoms with Gasteiger partial charge in [0.2, 0.25) is 5.89 Å². The zero-order valence-electron chi connectivity index (χ0n) is 9.95. The zero-order valence-corrected chi connectivity index (χ0v) is 9.95. The molecular weight excluding hydrogens is 234 g/mol. The van der Waals surface area contributed by atoms with Crippen molar-refractivity contribution in [2.45, 2.75) is 6.54 Å². The summed E-state index contributed by atoms with van der Waals surface area (Å²) in [4.78, 5) is 13.8. The van der Waals surface area contributed by atoms with E-state index >= 15 is 0 Å². The molecule has 0 saturated carbocycles. The van der Waals surface area contributed by atoms with Crippen molar-refractivity contribution >= 4 is 11.8 Å². The molecule has 0 aliphatic heterocycles. The smallest absolute Gasteiger partial charge is 0.265 e. The van der Waals surface area contributed by atoms with E-state index in [4.69, 9.17) is 9.78 Å². The van der Waals surface area contributed by atoms with E-state index in [1.54, 1.807) is 4.90 Å². The topological polar surface area (TPSA) is 104 Å². The summed E-state index contributed by atoms with van der Waals surface area (Å²) in [5, 5.41) is 15.5. The largest absolute Gasteiger partial charge is 0.359 e. The summed E-state index contributed by atoms with van der Waals surface area (Å²) in [6.45, 7) is 0.286. The van der Waals surface area contributed by atoms with Gasteiger partial charge < -0.3 is 14.7 Å². The van der Waals surface area contributed by atoms with E-state index in [2.05, 4.69) is 25.4 Å². The van der Waals surface area contributed by atoms with Crippen molar-refractivity contribution in [2.24, 2.45) is 0 Å². The Hall–Kier alpha value is -2.69. The predicted molar refractivity (Wildman–Crippen MR) is 62.7 cm³/mol. The molecule has 92 valence electrons. The molecule has 0 radical (unpaired) electrons. The summed E-state index contributed by atoms with van der Waals surface area (Å²) >= 11 is 0. The van der Waals surface area contributed by atoms with Crippen molar-refractivity contribution in [3.63, 3.8) is 0 Å². The van der Waals surface area contributed by atoms with Crippen molar-refractivity contribution in [1.82, 2.24) is 20.1 Å². The van der Waals surface area contributed by atoms with Crippen LogP contribution in [0.3, 0.4) is 0 Å². The van der Waals surface area contributed by atoms with Crippen LogP contribution in [0.5, 0.6) is 0 Å². The molecule has 18 heavy (non-hydrogen) atoms. The van der Waals surface area contributed by atoms with Crippen LogP contribution >= 0.6 is 0 Å². The zero-order chi connectivity index (χ0) is 13.0. The monoisotopic (exact) mass is 245 g/mol. The maximum absolute atomic E-state index is 8.84. The second-order valence-electron chi connectivity index (χ2n) is 3.60. The third-order valence-electron chi connectivity index (χ3n) is 2.07. The van der Waals surface area contributed by atoms with Crippen LogP contribution in [0, 0.1) is 11.3 Å². The predicted octanol–water partition coefficient (Wildman–Crippen LogP) is 0.409. The van der Waals surface area contributed by atoms with Gasteiger partial charge >= 0.3 is 0 Å². The molecular formula is C10H11N7O. The lowest BCUT2D eigenvalue weighted by atomic mass is 10.4. The number of nitriles is 1. The molecule has 1 N–H and O–H groups in total. The molecule has 0 aromatic carbocycles. The molecule has 0 saturated heterocycles. The molecule has 2 aromatic heterocycles. The van der Waals surface area contributed by atoms with Gasteiger partial charge in [0.25, 0.3) is 5.95 Å². The summed E-state index contributed by atoms with van der Waals surface area (Å²) in [7, 11) is 3.64. The van der Waals surface area contributed by atoms with E-state index < -0.39 is 0 Å². The third kappa shape index (κ3) is 2.52. The maximum atomic E-state index is 8.84. The lowest BCUT2D eigenvalue weighted by Gasteiger charge is -2.03.